The first-order chi connectivity index (χ1) is 15.6. The molecule has 4 nitrogen and oxygen atoms in total. The highest BCUT2D eigenvalue weighted by Gasteiger charge is 2.64. The summed E-state index contributed by atoms with van der Waals surface area (Å²) >= 11 is 0. The van der Waals surface area contributed by atoms with Gasteiger partial charge in [0.15, 0.2) is 5.78 Å². The van der Waals surface area contributed by atoms with Gasteiger partial charge in [0, 0.05) is 13.0 Å². The number of hydrogen-bond acceptors (Lipinski definition) is 3. The van der Waals surface area contributed by atoms with Crippen molar-refractivity contribution in [1.82, 2.24) is 0 Å². The maximum atomic E-state index is 12.4. The molecule has 0 aliphatic heterocycles. The van der Waals surface area contributed by atoms with E-state index in [1.165, 1.54) is 44.1 Å². The number of aliphatic hydroxyl groups excluding tert-OH is 1. The minimum absolute atomic E-state index is 0.105. The van der Waals surface area contributed by atoms with E-state index in [4.69, 9.17) is 5.11 Å². The predicted molar refractivity (Wildman–Crippen MR) is 131 cm³/mol. The molecular weight excluding hydrogens is 412 g/mol. The van der Waals surface area contributed by atoms with E-state index in [9.17, 15) is 14.7 Å². The van der Waals surface area contributed by atoms with Crippen molar-refractivity contribution >= 4 is 11.8 Å². The first-order valence-electron chi connectivity index (χ1n) is 13.7. The molecule has 0 heterocycles. The molecule has 3 fully saturated rings. The number of carboxylic acids is 1. The fourth-order valence-electron chi connectivity index (χ4n) is 9.03. The molecule has 0 saturated heterocycles. The van der Waals surface area contributed by atoms with Crippen molar-refractivity contribution in [3.8, 4) is 0 Å². The average Bonchev–Trinajstić information content (AvgIpc) is 3.01. The van der Waals surface area contributed by atoms with Crippen LogP contribution in [0, 0.1) is 39.9 Å². The highest BCUT2D eigenvalue weighted by molar-refractivity contribution is 5.91. The zero-order valence-electron chi connectivity index (χ0n) is 21.2. The summed E-state index contributed by atoms with van der Waals surface area (Å²) < 4.78 is 0. The lowest BCUT2D eigenvalue weighted by Crippen LogP contribution is -2.55. The predicted octanol–water partition coefficient (Wildman–Crippen LogP) is 6.56. The van der Waals surface area contributed by atoms with Crippen LogP contribution >= 0.6 is 0 Å². The molecule has 0 aromatic heterocycles. The number of aliphatic hydroxyl groups is 1. The smallest absolute Gasteiger partial charge is 0.303 e. The molecule has 4 rings (SSSR count). The van der Waals surface area contributed by atoms with E-state index in [2.05, 4.69) is 20.8 Å². The molecule has 4 heteroatoms. The molecule has 0 aromatic carbocycles. The molecule has 7 atom stereocenters. The van der Waals surface area contributed by atoms with Gasteiger partial charge in [0.2, 0.25) is 0 Å². The van der Waals surface area contributed by atoms with Crippen molar-refractivity contribution in [2.45, 2.75) is 111 Å². The molecule has 4 aliphatic carbocycles. The highest BCUT2D eigenvalue weighted by atomic mass is 16.4. The van der Waals surface area contributed by atoms with Crippen LogP contribution < -0.4 is 0 Å². The minimum atomic E-state index is -0.646. The maximum Gasteiger partial charge on any atom is 0.303 e. The van der Waals surface area contributed by atoms with Crippen molar-refractivity contribution in [3.05, 3.63) is 11.6 Å². The summed E-state index contributed by atoms with van der Waals surface area (Å²) in [6, 6.07) is 0. The summed E-state index contributed by atoms with van der Waals surface area (Å²) in [6.45, 7) is 7.42. The Morgan fingerprint density at radius 2 is 1.70 bits per heavy atom. The van der Waals surface area contributed by atoms with Crippen LogP contribution in [0.5, 0.6) is 0 Å². The second kappa shape index (κ2) is 9.47. The number of unbranched alkanes of at least 4 members (excludes halogenated alkanes) is 4. The third-order valence-electron chi connectivity index (χ3n) is 11.2. The Morgan fingerprint density at radius 1 is 1.00 bits per heavy atom. The first kappa shape index (κ1) is 24.9. The molecule has 0 aromatic rings. The lowest BCUT2D eigenvalue weighted by molar-refractivity contribution is -0.145. The van der Waals surface area contributed by atoms with Crippen molar-refractivity contribution in [2.24, 2.45) is 39.9 Å². The van der Waals surface area contributed by atoms with E-state index in [-0.39, 0.29) is 16.2 Å². The minimum Gasteiger partial charge on any atom is -0.481 e. The quantitative estimate of drug-likeness (QED) is 0.384. The standard InChI is InChI=1S/C29H46O4/c1-27(19-25(32)33)13-11-24-26-20(9-7-5-4-6-8-16-30)17-21-18-22(31)10-14-28(21,2)23(26)12-15-29(24,27)3/h18,20,23-24,26,30H,4-17,19H2,1-3H3,(H,32,33)/t20-,23?,24?,26?,27-,28+,29+/m1/s1. The molecule has 2 N–H and O–H groups in total. The summed E-state index contributed by atoms with van der Waals surface area (Å²) in [6.07, 6.45) is 16.5. The molecule has 0 spiro atoms. The third kappa shape index (κ3) is 4.34. The van der Waals surface area contributed by atoms with Crippen LogP contribution in [0.2, 0.25) is 0 Å². The zero-order chi connectivity index (χ0) is 23.9. The number of aliphatic carboxylic acids is 1. The van der Waals surface area contributed by atoms with Gasteiger partial charge in [-0.25, -0.2) is 0 Å². The summed E-state index contributed by atoms with van der Waals surface area (Å²) in [5.41, 5.74) is 1.58. The van der Waals surface area contributed by atoms with Crippen LogP contribution in [0.4, 0.5) is 0 Å². The van der Waals surface area contributed by atoms with Crippen LogP contribution in [-0.4, -0.2) is 28.6 Å². The van der Waals surface area contributed by atoms with Crippen molar-refractivity contribution < 1.29 is 19.8 Å². The first-order valence-corrected chi connectivity index (χ1v) is 13.7. The van der Waals surface area contributed by atoms with Gasteiger partial charge in [0.05, 0.1) is 6.42 Å². The molecule has 0 radical (unpaired) electrons. The lowest BCUT2D eigenvalue weighted by atomic mass is 9.43. The van der Waals surface area contributed by atoms with Crippen LogP contribution in [0.1, 0.15) is 111 Å². The second-order valence-electron chi connectivity index (χ2n) is 12.7. The zero-order valence-corrected chi connectivity index (χ0v) is 21.2. The number of allylic oxidation sites excluding steroid dienone is 1. The maximum absolute atomic E-state index is 12.4. The van der Waals surface area contributed by atoms with E-state index >= 15 is 0 Å². The molecular formula is C29H46O4. The van der Waals surface area contributed by atoms with Gasteiger partial charge in [-0.3, -0.25) is 9.59 Å². The Kier molecular flexibility index (Phi) is 7.16. The van der Waals surface area contributed by atoms with Crippen molar-refractivity contribution in [2.75, 3.05) is 6.61 Å². The van der Waals surface area contributed by atoms with Gasteiger partial charge < -0.3 is 10.2 Å². The molecule has 33 heavy (non-hydrogen) atoms. The van der Waals surface area contributed by atoms with Crippen molar-refractivity contribution in [3.63, 3.8) is 0 Å². The van der Waals surface area contributed by atoms with E-state index in [0.29, 0.717) is 48.9 Å². The Morgan fingerprint density at radius 3 is 2.42 bits per heavy atom. The monoisotopic (exact) mass is 458 g/mol. The topological polar surface area (TPSA) is 74.6 Å². The van der Waals surface area contributed by atoms with E-state index in [1.807, 2.05) is 6.08 Å². The van der Waals surface area contributed by atoms with Gasteiger partial charge in [0.25, 0.3) is 0 Å². The van der Waals surface area contributed by atoms with Crippen LogP contribution in [0.3, 0.4) is 0 Å². The van der Waals surface area contributed by atoms with Gasteiger partial charge in [-0.1, -0.05) is 52.0 Å². The highest BCUT2D eigenvalue weighted by Crippen LogP contribution is 2.71. The van der Waals surface area contributed by atoms with Gasteiger partial charge in [-0.05, 0) is 97.4 Å². The molecule has 4 aliphatic rings. The number of rotatable bonds is 9. The summed E-state index contributed by atoms with van der Waals surface area (Å²) in [5.74, 6) is 2.19. The average molecular weight is 459 g/mol. The van der Waals surface area contributed by atoms with Gasteiger partial charge in [-0.15, -0.1) is 0 Å². The van der Waals surface area contributed by atoms with E-state index in [0.717, 1.165) is 38.5 Å². The van der Waals surface area contributed by atoms with Crippen LogP contribution in [0.25, 0.3) is 0 Å². The second-order valence-corrected chi connectivity index (χ2v) is 12.7. The van der Waals surface area contributed by atoms with Crippen LogP contribution in [-0.2, 0) is 9.59 Å². The number of carboxylic acid groups (broad SMARTS) is 1. The molecule has 3 saturated carbocycles. The number of carbonyl (C=O) groups excluding carboxylic acids is 1. The fourth-order valence-corrected chi connectivity index (χ4v) is 9.03. The molecule has 0 bridgehead atoms. The Bertz CT molecular complexity index is 786. The number of ketones is 1. The van der Waals surface area contributed by atoms with Crippen molar-refractivity contribution in [1.29, 1.82) is 0 Å². The molecule has 0 amide bonds. The van der Waals surface area contributed by atoms with E-state index in [1.54, 1.807) is 0 Å². The molecule has 3 unspecified atom stereocenters. The van der Waals surface area contributed by atoms with Gasteiger partial charge in [-0.2, -0.15) is 0 Å². The van der Waals surface area contributed by atoms with Crippen LogP contribution in [0.15, 0.2) is 11.6 Å². The van der Waals surface area contributed by atoms with E-state index < -0.39 is 5.97 Å². The Hall–Kier alpha value is -1.16. The fraction of sp³-hybridized carbons (Fsp3) is 0.862. The lowest BCUT2D eigenvalue weighted by Gasteiger charge is -2.62. The Balaban J connectivity index is 1.59. The normalized spacial score (nSPS) is 42.3. The number of carbonyl (C=O) groups is 2. The largest absolute Gasteiger partial charge is 0.481 e. The van der Waals surface area contributed by atoms with Gasteiger partial charge >= 0.3 is 5.97 Å². The summed E-state index contributed by atoms with van der Waals surface area (Å²) in [5, 5.41) is 18.7. The SMILES string of the molecule is C[C@]1(CC(=O)O)CCC2C3C(CC[C@@]21C)[C@@]1(C)CCC(=O)C=C1C[C@H]3CCCCCCCO. The Labute approximate surface area is 200 Å². The molecule has 186 valence electrons. The number of hydrogen-bond donors (Lipinski definition) is 2. The number of fused-ring (bicyclic) bond motifs is 5. The summed E-state index contributed by atoms with van der Waals surface area (Å²) in [7, 11) is 0. The third-order valence-corrected chi connectivity index (χ3v) is 11.2. The summed E-state index contributed by atoms with van der Waals surface area (Å²) in [4.78, 5) is 24.1. The van der Waals surface area contributed by atoms with Gasteiger partial charge in [0.1, 0.15) is 0 Å².